The van der Waals surface area contributed by atoms with E-state index in [1.54, 1.807) is 30.3 Å². The molecule has 0 heterocycles. The van der Waals surface area contributed by atoms with Gasteiger partial charge in [-0.05, 0) is 42.0 Å². The lowest BCUT2D eigenvalue weighted by Gasteiger charge is -2.06. The van der Waals surface area contributed by atoms with Crippen molar-refractivity contribution >= 4 is 52.8 Å². The average molecular weight is 443 g/mol. The summed E-state index contributed by atoms with van der Waals surface area (Å²) >= 11 is 11.7. The van der Waals surface area contributed by atoms with Gasteiger partial charge in [0.05, 0.1) is 12.0 Å². The van der Waals surface area contributed by atoms with Crippen LogP contribution in [0.4, 0.5) is 10.5 Å². The summed E-state index contributed by atoms with van der Waals surface area (Å²) in [5.41, 5.74) is 20.2. The Morgan fingerprint density at radius 1 is 0.966 bits per heavy atom. The first-order valence-electron chi connectivity index (χ1n) is 7.64. The summed E-state index contributed by atoms with van der Waals surface area (Å²) in [7, 11) is 0. The highest BCUT2D eigenvalue weighted by molar-refractivity contribution is 6.36. The Kier molecular flexibility index (Phi) is 11.3. The van der Waals surface area contributed by atoms with Gasteiger partial charge in [-0.15, -0.1) is 0 Å². The number of carboxylic acid groups (broad SMARTS) is 1. The summed E-state index contributed by atoms with van der Waals surface area (Å²) in [5, 5.41) is 18.3. The molecule has 0 spiro atoms. The SMILES string of the molecule is N=C(N)NC(=O)Cc1c(Cl)cccc1Cl.NC(N)=O.Nc1ccc(C(=O)O)cc1. The molecule has 2 aromatic carbocycles. The molecule has 10 nitrogen and oxygen atoms in total. The number of nitrogens with one attached hydrogen (secondary N) is 2. The fraction of sp³-hybridized carbons (Fsp3) is 0.0588. The van der Waals surface area contributed by atoms with Crippen LogP contribution in [0.5, 0.6) is 0 Å². The van der Waals surface area contributed by atoms with Gasteiger partial charge in [0.2, 0.25) is 5.91 Å². The lowest BCUT2D eigenvalue weighted by Crippen LogP contribution is -2.36. The van der Waals surface area contributed by atoms with E-state index in [0.717, 1.165) is 0 Å². The summed E-state index contributed by atoms with van der Waals surface area (Å²) in [6.45, 7) is 0. The van der Waals surface area contributed by atoms with Crippen LogP contribution in [0.3, 0.4) is 0 Å². The third-order valence-electron chi connectivity index (χ3n) is 2.83. The number of carbonyl (C=O) groups is 3. The number of carboxylic acids is 1. The molecule has 2 rings (SSSR count). The van der Waals surface area contributed by atoms with Gasteiger partial charge >= 0.3 is 12.0 Å². The topological polar surface area (TPSA) is 211 Å². The monoisotopic (exact) mass is 442 g/mol. The Morgan fingerprint density at radius 3 is 1.79 bits per heavy atom. The highest BCUT2D eigenvalue weighted by Gasteiger charge is 2.10. The lowest BCUT2D eigenvalue weighted by molar-refractivity contribution is -0.119. The number of halogens is 2. The second-order valence-electron chi connectivity index (χ2n) is 5.17. The fourth-order valence-electron chi connectivity index (χ4n) is 1.68. The normalized spacial score (nSPS) is 9.03. The molecule has 0 aliphatic carbocycles. The van der Waals surface area contributed by atoms with Crippen LogP contribution in [0.25, 0.3) is 0 Å². The van der Waals surface area contributed by atoms with E-state index in [2.05, 4.69) is 16.8 Å². The van der Waals surface area contributed by atoms with E-state index in [0.29, 0.717) is 21.3 Å². The first-order chi connectivity index (χ1) is 13.4. The molecule has 0 radical (unpaired) electrons. The van der Waals surface area contributed by atoms with Gasteiger partial charge in [0.25, 0.3) is 0 Å². The Labute approximate surface area is 176 Å². The summed E-state index contributed by atoms with van der Waals surface area (Å²) < 4.78 is 0. The number of anilines is 1. The number of nitrogen functional groups attached to an aromatic ring is 1. The lowest BCUT2D eigenvalue weighted by atomic mass is 10.1. The minimum atomic E-state index is -0.931. The van der Waals surface area contributed by atoms with Crippen LogP contribution >= 0.6 is 23.2 Å². The maximum atomic E-state index is 11.3. The van der Waals surface area contributed by atoms with Crippen molar-refractivity contribution in [3.8, 4) is 0 Å². The molecule has 156 valence electrons. The minimum absolute atomic E-state index is 0.00190. The van der Waals surface area contributed by atoms with Crippen molar-refractivity contribution in [2.24, 2.45) is 17.2 Å². The molecular formula is C17H20Cl2N6O4. The van der Waals surface area contributed by atoms with E-state index in [1.807, 2.05) is 0 Å². The molecule has 0 atom stereocenters. The molecule has 0 bridgehead atoms. The molecule has 0 saturated carbocycles. The maximum Gasteiger partial charge on any atom is 0.335 e. The third kappa shape index (κ3) is 11.7. The zero-order chi connectivity index (χ0) is 22.6. The molecule has 0 fully saturated rings. The number of nitrogens with two attached hydrogens (primary N) is 4. The number of benzene rings is 2. The Hall–Kier alpha value is -3.50. The van der Waals surface area contributed by atoms with E-state index >= 15 is 0 Å². The Bertz CT molecular complexity index is 850. The van der Waals surface area contributed by atoms with Gasteiger partial charge in [-0.3, -0.25) is 15.5 Å². The first kappa shape index (κ1) is 25.5. The number of aromatic carboxylic acids is 1. The van der Waals surface area contributed by atoms with Crippen molar-refractivity contribution in [2.45, 2.75) is 6.42 Å². The molecule has 3 amide bonds. The van der Waals surface area contributed by atoms with Crippen LogP contribution in [0.1, 0.15) is 15.9 Å². The van der Waals surface area contributed by atoms with Crippen molar-refractivity contribution in [3.05, 3.63) is 63.6 Å². The van der Waals surface area contributed by atoms with Crippen LogP contribution in [0.2, 0.25) is 10.0 Å². The number of hydrogen-bond donors (Lipinski definition) is 7. The molecule has 12 heteroatoms. The molecule has 0 saturated heterocycles. The molecule has 2 aromatic rings. The minimum Gasteiger partial charge on any atom is -0.478 e. The molecule has 29 heavy (non-hydrogen) atoms. The van der Waals surface area contributed by atoms with Crippen LogP contribution < -0.4 is 28.3 Å². The maximum absolute atomic E-state index is 11.3. The molecule has 0 aliphatic heterocycles. The molecular weight excluding hydrogens is 423 g/mol. The predicted octanol–water partition coefficient (Wildman–Crippen LogP) is 1.54. The van der Waals surface area contributed by atoms with Gasteiger partial charge in [-0.25, -0.2) is 9.59 Å². The van der Waals surface area contributed by atoms with Crippen LogP contribution in [0.15, 0.2) is 42.5 Å². The van der Waals surface area contributed by atoms with Crippen LogP contribution in [-0.4, -0.2) is 29.0 Å². The Morgan fingerprint density at radius 2 is 1.41 bits per heavy atom. The summed E-state index contributed by atoms with van der Waals surface area (Å²) in [5.74, 6) is -1.75. The number of amides is 3. The largest absolute Gasteiger partial charge is 0.478 e. The smallest absolute Gasteiger partial charge is 0.335 e. The zero-order valence-corrected chi connectivity index (χ0v) is 16.5. The van der Waals surface area contributed by atoms with Gasteiger partial charge in [0.1, 0.15) is 0 Å². The highest BCUT2D eigenvalue weighted by atomic mass is 35.5. The summed E-state index contributed by atoms with van der Waals surface area (Å²) in [4.78, 5) is 30.5. The van der Waals surface area contributed by atoms with E-state index in [4.69, 9.17) is 50.0 Å². The van der Waals surface area contributed by atoms with Gasteiger partial charge in [-0.1, -0.05) is 29.3 Å². The average Bonchev–Trinajstić information content (AvgIpc) is 2.58. The van der Waals surface area contributed by atoms with E-state index in [9.17, 15) is 9.59 Å². The summed E-state index contributed by atoms with van der Waals surface area (Å²) in [6.07, 6.45) is -0.00190. The van der Waals surface area contributed by atoms with Gasteiger partial charge in [0, 0.05) is 15.7 Å². The standard InChI is InChI=1S/C9H9Cl2N3O.C7H7NO2.CH4N2O/c10-6-2-1-3-7(11)5(6)4-8(15)14-9(12)13;8-6-3-1-5(2-4-6)7(9)10;2-1(3)4/h1-3H,4H2,(H4,12,13,14,15);1-4H,8H2,(H,9,10);(H4,2,3,4). The molecule has 0 aromatic heterocycles. The number of hydrogen-bond acceptors (Lipinski definition) is 5. The fourth-order valence-corrected chi connectivity index (χ4v) is 2.21. The number of primary amides is 2. The second kappa shape index (κ2) is 12.8. The van der Waals surface area contributed by atoms with Gasteiger partial charge in [0.15, 0.2) is 5.96 Å². The van der Waals surface area contributed by atoms with E-state index in [1.165, 1.54) is 12.1 Å². The molecule has 0 unspecified atom stereocenters. The quantitative estimate of drug-likeness (QED) is 0.212. The van der Waals surface area contributed by atoms with E-state index in [-0.39, 0.29) is 12.0 Å². The summed E-state index contributed by atoms with van der Waals surface area (Å²) in [6, 6.07) is 10.2. The second-order valence-corrected chi connectivity index (χ2v) is 5.98. The van der Waals surface area contributed by atoms with Crippen molar-refractivity contribution < 1.29 is 19.5 Å². The van der Waals surface area contributed by atoms with Crippen molar-refractivity contribution in [1.82, 2.24) is 5.32 Å². The highest BCUT2D eigenvalue weighted by Crippen LogP contribution is 2.24. The predicted molar refractivity (Wildman–Crippen MR) is 112 cm³/mol. The van der Waals surface area contributed by atoms with Gasteiger partial charge in [-0.2, -0.15) is 0 Å². The van der Waals surface area contributed by atoms with Crippen molar-refractivity contribution in [3.63, 3.8) is 0 Å². The zero-order valence-electron chi connectivity index (χ0n) is 15.0. The van der Waals surface area contributed by atoms with Crippen molar-refractivity contribution in [1.29, 1.82) is 5.41 Å². The third-order valence-corrected chi connectivity index (χ3v) is 3.54. The number of urea groups is 1. The van der Waals surface area contributed by atoms with Crippen LogP contribution in [-0.2, 0) is 11.2 Å². The van der Waals surface area contributed by atoms with Crippen LogP contribution in [0, 0.1) is 5.41 Å². The number of rotatable bonds is 3. The van der Waals surface area contributed by atoms with E-state index < -0.39 is 23.9 Å². The van der Waals surface area contributed by atoms with Gasteiger partial charge < -0.3 is 28.0 Å². The Balaban J connectivity index is 0.000000481. The number of guanidine groups is 1. The first-order valence-corrected chi connectivity index (χ1v) is 8.40. The van der Waals surface area contributed by atoms with Crippen molar-refractivity contribution in [2.75, 3.05) is 5.73 Å². The number of carbonyl (C=O) groups excluding carboxylic acids is 2. The molecule has 0 aliphatic rings. The molecule has 11 N–H and O–H groups in total.